The van der Waals surface area contributed by atoms with Crippen LogP contribution in [-0.4, -0.2) is 26.7 Å². The fourth-order valence-electron chi connectivity index (χ4n) is 1.44. The Labute approximate surface area is 116 Å². The van der Waals surface area contributed by atoms with Crippen molar-refractivity contribution in [2.45, 2.75) is 5.75 Å². The van der Waals surface area contributed by atoms with Crippen LogP contribution >= 0.6 is 15.9 Å². The van der Waals surface area contributed by atoms with Gasteiger partial charge in [-0.15, -0.1) is 0 Å². The van der Waals surface area contributed by atoms with Gasteiger partial charge in [0.2, 0.25) is 5.89 Å². The molecule has 2 aromatic rings. The molecule has 0 aliphatic heterocycles. The number of oxazole rings is 1. The van der Waals surface area contributed by atoms with Crippen molar-refractivity contribution in [3.05, 3.63) is 40.7 Å². The van der Waals surface area contributed by atoms with Crippen LogP contribution in [0.1, 0.15) is 5.69 Å². The smallest absolute Gasteiger partial charge is 0.226 e. The fraction of sp³-hybridized carbons (Fsp3) is 0.250. The summed E-state index contributed by atoms with van der Waals surface area (Å²) >= 11 is 3.36. The Morgan fingerprint density at radius 2 is 2.06 bits per heavy atom. The first-order valence-electron chi connectivity index (χ1n) is 5.35. The Morgan fingerprint density at radius 3 is 2.72 bits per heavy atom. The molecule has 1 N–H and O–H groups in total. The highest BCUT2D eigenvalue weighted by molar-refractivity contribution is 9.10. The maximum Gasteiger partial charge on any atom is 0.226 e. The van der Waals surface area contributed by atoms with Crippen molar-refractivity contribution in [3.8, 4) is 11.5 Å². The molecule has 2 rings (SSSR count). The van der Waals surface area contributed by atoms with Gasteiger partial charge in [-0.3, -0.25) is 4.21 Å². The molecule has 0 radical (unpaired) electrons. The SMILES string of the molecule is O=S(CCO)Cc1coc(-c2ccc(Br)cc2)n1. The summed E-state index contributed by atoms with van der Waals surface area (Å²) in [4.78, 5) is 4.28. The molecule has 0 saturated heterocycles. The molecule has 6 heteroatoms. The molecule has 1 atom stereocenters. The third-order valence-electron chi connectivity index (χ3n) is 2.27. The lowest BCUT2D eigenvalue weighted by molar-refractivity contribution is 0.321. The lowest BCUT2D eigenvalue weighted by atomic mass is 10.2. The predicted molar refractivity (Wildman–Crippen MR) is 73.4 cm³/mol. The molecular formula is C12H12BrNO3S. The molecule has 0 fully saturated rings. The maximum absolute atomic E-state index is 11.5. The maximum atomic E-state index is 11.5. The van der Waals surface area contributed by atoms with Crippen molar-refractivity contribution in [1.29, 1.82) is 0 Å². The molecular weight excluding hydrogens is 318 g/mol. The number of benzene rings is 1. The third kappa shape index (κ3) is 3.51. The molecule has 1 aromatic heterocycles. The van der Waals surface area contributed by atoms with Crippen LogP contribution in [0.15, 0.2) is 39.4 Å². The average Bonchev–Trinajstić information content (AvgIpc) is 2.78. The second-order valence-corrected chi connectivity index (χ2v) is 6.16. The molecule has 4 nitrogen and oxygen atoms in total. The molecule has 1 heterocycles. The van der Waals surface area contributed by atoms with Gasteiger partial charge in [-0.25, -0.2) is 4.98 Å². The number of hydrogen-bond acceptors (Lipinski definition) is 4. The average molecular weight is 330 g/mol. The monoisotopic (exact) mass is 329 g/mol. The second-order valence-electron chi connectivity index (χ2n) is 3.66. The van der Waals surface area contributed by atoms with E-state index in [4.69, 9.17) is 9.52 Å². The van der Waals surface area contributed by atoms with Crippen LogP contribution in [0, 0.1) is 0 Å². The normalized spacial score (nSPS) is 12.6. The zero-order valence-electron chi connectivity index (χ0n) is 9.51. The zero-order valence-corrected chi connectivity index (χ0v) is 11.9. The van der Waals surface area contributed by atoms with Gasteiger partial charge in [-0.2, -0.15) is 0 Å². The third-order valence-corrected chi connectivity index (χ3v) is 4.06. The Morgan fingerprint density at radius 1 is 1.33 bits per heavy atom. The van der Waals surface area contributed by atoms with E-state index in [2.05, 4.69) is 20.9 Å². The minimum atomic E-state index is -1.10. The Hall–Kier alpha value is -0.980. The van der Waals surface area contributed by atoms with E-state index in [0.29, 0.717) is 17.3 Å². The molecule has 0 amide bonds. The van der Waals surface area contributed by atoms with E-state index in [1.54, 1.807) is 0 Å². The van der Waals surface area contributed by atoms with E-state index in [0.717, 1.165) is 10.0 Å². The van der Waals surface area contributed by atoms with E-state index in [-0.39, 0.29) is 12.4 Å². The van der Waals surface area contributed by atoms with Crippen molar-refractivity contribution in [2.75, 3.05) is 12.4 Å². The largest absolute Gasteiger partial charge is 0.444 e. The summed E-state index contributed by atoms with van der Waals surface area (Å²) in [5.41, 5.74) is 1.51. The first-order chi connectivity index (χ1) is 8.69. The molecule has 96 valence electrons. The molecule has 0 aliphatic rings. The van der Waals surface area contributed by atoms with Gasteiger partial charge in [0.15, 0.2) is 0 Å². The highest BCUT2D eigenvalue weighted by Crippen LogP contribution is 2.21. The van der Waals surface area contributed by atoms with E-state index < -0.39 is 10.8 Å². The van der Waals surface area contributed by atoms with Gasteiger partial charge in [0.1, 0.15) is 6.26 Å². The minimum absolute atomic E-state index is 0.0793. The van der Waals surface area contributed by atoms with Gasteiger partial charge in [-0.1, -0.05) is 15.9 Å². The lowest BCUT2D eigenvalue weighted by Gasteiger charge is -1.96. The van der Waals surface area contributed by atoms with Gasteiger partial charge < -0.3 is 9.52 Å². The standard InChI is InChI=1S/C12H12BrNO3S/c13-10-3-1-9(2-4-10)12-14-11(7-17-12)8-18(16)6-5-15/h1-4,7,15H,5-6,8H2. The molecule has 1 aromatic carbocycles. The number of hydrogen-bond donors (Lipinski definition) is 1. The number of halogens is 1. The number of aliphatic hydroxyl groups excluding tert-OH is 1. The fourth-order valence-corrected chi connectivity index (χ4v) is 2.51. The van der Waals surface area contributed by atoms with Gasteiger partial charge >= 0.3 is 0 Å². The molecule has 1 unspecified atom stereocenters. The summed E-state index contributed by atoms with van der Waals surface area (Å²) in [6.45, 7) is -0.0793. The molecule has 0 spiro atoms. The predicted octanol–water partition coefficient (Wildman–Crippen LogP) is 2.35. The summed E-state index contributed by atoms with van der Waals surface area (Å²) in [5.74, 6) is 1.08. The highest BCUT2D eigenvalue weighted by Gasteiger charge is 2.09. The summed E-state index contributed by atoms with van der Waals surface area (Å²) in [6, 6.07) is 7.60. The van der Waals surface area contributed by atoms with Gasteiger partial charge in [0.25, 0.3) is 0 Å². The van der Waals surface area contributed by atoms with Crippen molar-refractivity contribution in [1.82, 2.24) is 4.98 Å². The van der Waals surface area contributed by atoms with Crippen LogP contribution in [0.5, 0.6) is 0 Å². The number of aromatic nitrogens is 1. The molecule has 0 bridgehead atoms. The van der Waals surface area contributed by atoms with Gasteiger partial charge in [-0.05, 0) is 24.3 Å². The number of rotatable bonds is 5. The molecule has 0 aliphatic carbocycles. The van der Waals surface area contributed by atoms with E-state index in [1.165, 1.54) is 6.26 Å². The number of nitrogens with zero attached hydrogens (tertiary/aromatic N) is 1. The molecule has 0 saturated carbocycles. The van der Waals surface area contributed by atoms with Crippen molar-refractivity contribution < 1.29 is 13.7 Å². The van der Waals surface area contributed by atoms with Gasteiger partial charge in [0, 0.05) is 26.6 Å². The zero-order chi connectivity index (χ0) is 13.0. The summed E-state index contributed by atoms with van der Waals surface area (Å²) in [6.07, 6.45) is 1.51. The Bertz CT molecular complexity index is 539. The van der Waals surface area contributed by atoms with Crippen LogP contribution in [-0.2, 0) is 16.6 Å². The highest BCUT2D eigenvalue weighted by atomic mass is 79.9. The topological polar surface area (TPSA) is 63.3 Å². The van der Waals surface area contributed by atoms with E-state index in [1.807, 2.05) is 24.3 Å². The minimum Gasteiger partial charge on any atom is -0.444 e. The quantitative estimate of drug-likeness (QED) is 0.914. The second kappa shape index (κ2) is 6.26. The lowest BCUT2D eigenvalue weighted by Crippen LogP contribution is -2.04. The first-order valence-corrected chi connectivity index (χ1v) is 7.63. The van der Waals surface area contributed by atoms with Crippen LogP contribution < -0.4 is 0 Å². The summed E-state index contributed by atoms with van der Waals surface area (Å²) in [7, 11) is -1.10. The van der Waals surface area contributed by atoms with E-state index >= 15 is 0 Å². The van der Waals surface area contributed by atoms with Crippen LogP contribution in [0.25, 0.3) is 11.5 Å². The van der Waals surface area contributed by atoms with Crippen molar-refractivity contribution in [2.24, 2.45) is 0 Å². The molecule has 18 heavy (non-hydrogen) atoms. The summed E-state index contributed by atoms with van der Waals surface area (Å²) in [5, 5.41) is 8.68. The van der Waals surface area contributed by atoms with Crippen molar-refractivity contribution in [3.63, 3.8) is 0 Å². The van der Waals surface area contributed by atoms with Crippen LogP contribution in [0.2, 0.25) is 0 Å². The van der Waals surface area contributed by atoms with Crippen LogP contribution in [0.4, 0.5) is 0 Å². The van der Waals surface area contributed by atoms with Crippen molar-refractivity contribution >= 4 is 26.7 Å². The van der Waals surface area contributed by atoms with Crippen LogP contribution in [0.3, 0.4) is 0 Å². The van der Waals surface area contributed by atoms with E-state index in [9.17, 15) is 4.21 Å². The Kier molecular flexibility index (Phi) is 4.68. The first kappa shape index (κ1) is 13.5. The van der Waals surface area contributed by atoms with Gasteiger partial charge in [0.05, 0.1) is 18.1 Å². The summed E-state index contributed by atoms with van der Waals surface area (Å²) < 4.78 is 17.8. The number of aliphatic hydroxyl groups is 1. The Balaban J connectivity index is 2.10.